The number of nitrogens with zero attached hydrogens (tertiary/aromatic N) is 2. The lowest BCUT2D eigenvalue weighted by atomic mass is 10.0. The van der Waals surface area contributed by atoms with Gasteiger partial charge in [-0.15, -0.1) is 0 Å². The van der Waals surface area contributed by atoms with Gasteiger partial charge in [0.2, 0.25) is 0 Å². The Labute approximate surface area is 154 Å². The number of hydrogen-bond acceptors (Lipinski definition) is 3. The molecule has 0 aliphatic heterocycles. The maximum absolute atomic E-state index is 12.8. The predicted octanol–water partition coefficient (Wildman–Crippen LogP) is 3.98. The molecule has 0 aliphatic rings. The number of aromatic amines is 1. The first kappa shape index (κ1) is 16.5. The third kappa shape index (κ3) is 2.70. The Hall–Kier alpha value is -2.92. The number of rotatable bonds is 4. The molecule has 4 rings (SSSR count). The quantitative estimate of drug-likeness (QED) is 0.556. The molecule has 6 heteroatoms. The molecule has 26 heavy (non-hydrogen) atoms. The van der Waals surface area contributed by atoms with Crippen molar-refractivity contribution in [3.63, 3.8) is 0 Å². The van der Waals surface area contributed by atoms with Crippen molar-refractivity contribution in [1.82, 2.24) is 14.5 Å². The highest BCUT2D eigenvalue weighted by Gasteiger charge is 2.15. The van der Waals surface area contributed by atoms with E-state index in [1.807, 2.05) is 18.2 Å². The van der Waals surface area contributed by atoms with E-state index in [1.54, 1.807) is 24.4 Å². The number of aryl methyl sites for hydroxylation is 1. The Morgan fingerprint density at radius 3 is 2.88 bits per heavy atom. The molecule has 0 unspecified atom stereocenters. The minimum atomic E-state index is -0.278. The minimum absolute atomic E-state index is 0.0718. The van der Waals surface area contributed by atoms with Gasteiger partial charge in [-0.3, -0.25) is 14.2 Å². The van der Waals surface area contributed by atoms with Gasteiger partial charge in [-0.05, 0) is 30.2 Å². The van der Waals surface area contributed by atoms with E-state index in [4.69, 9.17) is 11.6 Å². The fourth-order valence-electron chi connectivity index (χ4n) is 3.23. The van der Waals surface area contributed by atoms with Crippen LogP contribution in [0.2, 0.25) is 5.02 Å². The topological polar surface area (TPSA) is 67.8 Å². The van der Waals surface area contributed by atoms with E-state index in [0.717, 1.165) is 22.9 Å². The average molecular weight is 366 g/mol. The Kier molecular flexibility index (Phi) is 4.09. The molecule has 0 radical (unpaired) electrons. The summed E-state index contributed by atoms with van der Waals surface area (Å²) in [6, 6.07) is 10.8. The summed E-state index contributed by atoms with van der Waals surface area (Å²) < 4.78 is 1.32. The van der Waals surface area contributed by atoms with E-state index in [9.17, 15) is 9.59 Å². The van der Waals surface area contributed by atoms with Crippen LogP contribution in [0.15, 0.2) is 53.7 Å². The number of hydrogen-bond donors (Lipinski definition) is 1. The van der Waals surface area contributed by atoms with Crippen molar-refractivity contribution < 1.29 is 4.79 Å². The molecule has 0 spiro atoms. The fraction of sp³-hybridized carbons (Fsp3) is 0.150. The zero-order valence-corrected chi connectivity index (χ0v) is 14.9. The second-order valence-corrected chi connectivity index (χ2v) is 6.59. The summed E-state index contributed by atoms with van der Waals surface area (Å²) in [4.78, 5) is 32.9. The lowest BCUT2D eigenvalue weighted by Crippen LogP contribution is -2.24. The van der Waals surface area contributed by atoms with Crippen molar-refractivity contribution in [1.29, 1.82) is 0 Å². The number of H-pyrrole nitrogens is 1. The van der Waals surface area contributed by atoms with Crippen molar-refractivity contribution in [2.24, 2.45) is 0 Å². The summed E-state index contributed by atoms with van der Waals surface area (Å²) in [5, 5.41) is 1.74. The molecule has 4 aromatic rings. The number of Topliss-reactive ketones (excluding diaryl/α,β-unsaturated/α-hetero) is 1. The molecule has 0 aliphatic carbocycles. The molecule has 5 nitrogen and oxygen atoms in total. The lowest BCUT2D eigenvalue weighted by molar-refractivity contribution is 0.0972. The summed E-state index contributed by atoms with van der Waals surface area (Å²) in [6.07, 6.45) is 3.99. The molecule has 0 bridgehead atoms. The summed E-state index contributed by atoms with van der Waals surface area (Å²) in [6.45, 7) is 2.00. The number of carbonyl (C=O) groups is 1. The standard InChI is InChI=1S/C20H16ClN3O2/c1-2-12-4-3-5-14-16(9-22-19(12)14)18(25)10-24-11-23-17-7-6-13(21)8-15(17)20(24)26/h3-9,11,22H,2,10H2,1H3. The summed E-state index contributed by atoms with van der Waals surface area (Å²) in [5.41, 5.74) is 2.98. The summed E-state index contributed by atoms with van der Waals surface area (Å²) in [5.74, 6) is -0.144. The third-order valence-electron chi connectivity index (χ3n) is 4.58. The van der Waals surface area contributed by atoms with Gasteiger partial charge in [0, 0.05) is 27.7 Å². The van der Waals surface area contributed by atoms with E-state index >= 15 is 0 Å². The van der Waals surface area contributed by atoms with Gasteiger partial charge >= 0.3 is 0 Å². The summed E-state index contributed by atoms with van der Waals surface area (Å²) >= 11 is 5.98. The highest BCUT2D eigenvalue weighted by molar-refractivity contribution is 6.31. The van der Waals surface area contributed by atoms with E-state index in [0.29, 0.717) is 21.5 Å². The zero-order valence-electron chi connectivity index (χ0n) is 14.1. The molecule has 130 valence electrons. The smallest absolute Gasteiger partial charge is 0.261 e. The number of ketones is 1. The van der Waals surface area contributed by atoms with Crippen LogP contribution in [0, 0.1) is 0 Å². The third-order valence-corrected chi connectivity index (χ3v) is 4.82. The van der Waals surface area contributed by atoms with Crippen LogP contribution in [0.5, 0.6) is 0 Å². The maximum Gasteiger partial charge on any atom is 0.261 e. The first-order valence-corrected chi connectivity index (χ1v) is 8.73. The normalized spacial score (nSPS) is 11.3. The van der Waals surface area contributed by atoms with Crippen LogP contribution in [-0.4, -0.2) is 20.3 Å². The van der Waals surface area contributed by atoms with Crippen LogP contribution in [-0.2, 0) is 13.0 Å². The van der Waals surface area contributed by atoms with E-state index in [-0.39, 0.29) is 17.9 Å². The van der Waals surface area contributed by atoms with Gasteiger partial charge < -0.3 is 4.98 Å². The first-order valence-electron chi connectivity index (χ1n) is 8.35. The van der Waals surface area contributed by atoms with Crippen molar-refractivity contribution in [2.75, 3.05) is 0 Å². The Morgan fingerprint density at radius 1 is 1.23 bits per heavy atom. The number of aromatic nitrogens is 3. The summed E-state index contributed by atoms with van der Waals surface area (Å²) in [7, 11) is 0. The Bertz CT molecular complexity index is 1210. The van der Waals surface area contributed by atoms with Gasteiger partial charge in [0.15, 0.2) is 5.78 Å². The van der Waals surface area contributed by atoms with Gasteiger partial charge in [0.25, 0.3) is 5.56 Å². The van der Waals surface area contributed by atoms with E-state index in [2.05, 4.69) is 16.9 Å². The first-order chi connectivity index (χ1) is 12.6. The number of fused-ring (bicyclic) bond motifs is 2. The Balaban J connectivity index is 1.74. The largest absolute Gasteiger partial charge is 0.360 e. The molecule has 0 atom stereocenters. The van der Waals surface area contributed by atoms with Gasteiger partial charge in [0.1, 0.15) is 0 Å². The van der Waals surface area contributed by atoms with E-state index in [1.165, 1.54) is 10.9 Å². The fourth-order valence-corrected chi connectivity index (χ4v) is 3.40. The predicted molar refractivity (Wildman–Crippen MR) is 103 cm³/mol. The molecule has 0 saturated carbocycles. The lowest BCUT2D eigenvalue weighted by Gasteiger charge is -2.06. The zero-order chi connectivity index (χ0) is 18.3. The number of carbonyl (C=O) groups excluding carboxylic acids is 1. The molecule has 1 N–H and O–H groups in total. The second kappa shape index (κ2) is 6.42. The molecule has 2 aromatic heterocycles. The van der Waals surface area contributed by atoms with Crippen molar-refractivity contribution in [3.05, 3.63) is 75.4 Å². The molecule has 0 amide bonds. The highest BCUT2D eigenvalue weighted by Crippen LogP contribution is 2.23. The SMILES string of the molecule is CCc1cccc2c(C(=O)Cn3cnc4ccc(Cl)cc4c3=O)c[nH]c12. The van der Waals surface area contributed by atoms with Gasteiger partial charge in [-0.25, -0.2) is 4.98 Å². The number of benzene rings is 2. The molecule has 2 aromatic carbocycles. The van der Waals surface area contributed by atoms with Crippen molar-refractivity contribution in [3.8, 4) is 0 Å². The van der Waals surface area contributed by atoms with Crippen LogP contribution in [0.3, 0.4) is 0 Å². The molecule has 0 saturated heterocycles. The number of para-hydroxylation sites is 1. The van der Waals surface area contributed by atoms with Crippen molar-refractivity contribution in [2.45, 2.75) is 19.9 Å². The second-order valence-electron chi connectivity index (χ2n) is 6.16. The molecule has 2 heterocycles. The highest BCUT2D eigenvalue weighted by atomic mass is 35.5. The monoisotopic (exact) mass is 365 g/mol. The van der Waals surface area contributed by atoms with Crippen LogP contribution >= 0.6 is 11.6 Å². The number of nitrogens with one attached hydrogen (secondary N) is 1. The van der Waals surface area contributed by atoms with Crippen LogP contribution in [0.1, 0.15) is 22.8 Å². The van der Waals surface area contributed by atoms with Crippen LogP contribution in [0.4, 0.5) is 0 Å². The van der Waals surface area contributed by atoms with Gasteiger partial charge in [-0.2, -0.15) is 0 Å². The maximum atomic E-state index is 12.8. The number of halogens is 1. The van der Waals surface area contributed by atoms with Gasteiger partial charge in [0.05, 0.1) is 23.8 Å². The Morgan fingerprint density at radius 2 is 2.08 bits per heavy atom. The molecule has 0 fully saturated rings. The van der Waals surface area contributed by atoms with Crippen molar-refractivity contribution >= 4 is 39.2 Å². The van der Waals surface area contributed by atoms with Crippen LogP contribution in [0.25, 0.3) is 21.8 Å². The minimum Gasteiger partial charge on any atom is -0.360 e. The average Bonchev–Trinajstić information content (AvgIpc) is 3.08. The van der Waals surface area contributed by atoms with Gasteiger partial charge in [-0.1, -0.05) is 36.7 Å². The molecular formula is C20H16ClN3O2. The van der Waals surface area contributed by atoms with Crippen LogP contribution < -0.4 is 5.56 Å². The molecular weight excluding hydrogens is 350 g/mol. The van der Waals surface area contributed by atoms with E-state index < -0.39 is 0 Å².